The Bertz CT molecular complexity index is 719. The van der Waals surface area contributed by atoms with Crippen LogP contribution in [0.4, 0.5) is 0 Å². The van der Waals surface area contributed by atoms with E-state index in [1.807, 2.05) is 36.4 Å². The van der Waals surface area contributed by atoms with Crippen LogP contribution in [0.15, 0.2) is 52.9 Å². The van der Waals surface area contributed by atoms with Gasteiger partial charge in [-0.15, -0.1) is 0 Å². The van der Waals surface area contributed by atoms with Gasteiger partial charge in [0.05, 0.1) is 0 Å². The van der Waals surface area contributed by atoms with E-state index in [0.717, 1.165) is 22.1 Å². The van der Waals surface area contributed by atoms with E-state index < -0.39 is 0 Å². The summed E-state index contributed by atoms with van der Waals surface area (Å²) in [7, 11) is 0. The van der Waals surface area contributed by atoms with E-state index in [-0.39, 0.29) is 5.75 Å². The third-order valence-electron chi connectivity index (χ3n) is 3.22. The Morgan fingerprint density at radius 3 is 2.55 bits per heavy atom. The molecule has 0 spiro atoms. The van der Waals surface area contributed by atoms with Crippen molar-refractivity contribution in [3.8, 4) is 5.75 Å². The second kappa shape index (κ2) is 5.57. The van der Waals surface area contributed by atoms with Crippen molar-refractivity contribution < 1.29 is 9.52 Å². The molecule has 2 aromatic carbocycles. The zero-order valence-corrected chi connectivity index (χ0v) is 11.5. The molecule has 4 heteroatoms. The predicted molar refractivity (Wildman–Crippen MR) is 79.9 cm³/mol. The number of phenols is 1. The fourth-order valence-corrected chi connectivity index (χ4v) is 2.43. The van der Waals surface area contributed by atoms with Crippen molar-refractivity contribution in [2.75, 3.05) is 0 Å². The fraction of sp³-hybridized carbons (Fsp3) is 0.125. The molecule has 0 aliphatic carbocycles. The SMILES string of the molecule is Oc1ccc(CNCc2c(Cl)oc3ccccc23)cc1. The zero-order chi connectivity index (χ0) is 13.9. The highest BCUT2D eigenvalue weighted by Gasteiger charge is 2.11. The van der Waals surface area contributed by atoms with Crippen LogP contribution in [0.5, 0.6) is 5.75 Å². The van der Waals surface area contributed by atoms with E-state index in [1.54, 1.807) is 12.1 Å². The minimum absolute atomic E-state index is 0.276. The summed E-state index contributed by atoms with van der Waals surface area (Å²) >= 11 is 6.13. The summed E-state index contributed by atoms with van der Waals surface area (Å²) in [5.74, 6) is 0.276. The van der Waals surface area contributed by atoms with Crippen LogP contribution in [0.3, 0.4) is 0 Å². The van der Waals surface area contributed by atoms with E-state index in [2.05, 4.69) is 5.32 Å². The highest BCUT2D eigenvalue weighted by molar-refractivity contribution is 6.30. The molecule has 0 saturated carbocycles. The largest absolute Gasteiger partial charge is 0.508 e. The third-order valence-corrected chi connectivity index (χ3v) is 3.52. The molecule has 102 valence electrons. The Morgan fingerprint density at radius 2 is 1.75 bits per heavy atom. The van der Waals surface area contributed by atoms with Crippen molar-refractivity contribution in [1.82, 2.24) is 5.32 Å². The molecule has 0 aliphatic rings. The molecule has 0 bridgehead atoms. The lowest BCUT2D eigenvalue weighted by Crippen LogP contribution is -2.12. The summed E-state index contributed by atoms with van der Waals surface area (Å²) in [6, 6.07) is 14.9. The quantitative estimate of drug-likeness (QED) is 0.760. The number of hydrogen-bond donors (Lipinski definition) is 2. The number of aromatic hydroxyl groups is 1. The van der Waals surface area contributed by atoms with Gasteiger partial charge in [-0.05, 0) is 35.4 Å². The monoisotopic (exact) mass is 287 g/mol. The third kappa shape index (κ3) is 2.64. The van der Waals surface area contributed by atoms with Crippen molar-refractivity contribution in [1.29, 1.82) is 0 Å². The molecule has 0 unspecified atom stereocenters. The summed E-state index contributed by atoms with van der Waals surface area (Å²) in [5, 5.41) is 14.0. The fourth-order valence-electron chi connectivity index (χ4n) is 2.18. The predicted octanol–water partition coefficient (Wildman–Crippen LogP) is 4.08. The maximum atomic E-state index is 9.24. The van der Waals surface area contributed by atoms with Crippen LogP contribution in [0, 0.1) is 0 Å². The van der Waals surface area contributed by atoms with E-state index in [0.29, 0.717) is 18.3 Å². The minimum Gasteiger partial charge on any atom is -0.508 e. The number of para-hydroxylation sites is 1. The van der Waals surface area contributed by atoms with E-state index >= 15 is 0 Å². The average molecular weight is 288 g/mol. The Labute approximate surface area is 121 Å². The number of halogens is 1. The number of rotatable bonds is 4. The lowest BCUT2D eigenvalue weighted by Gasteiger charge is -2.04. The van der Waals surface area contributed by atoms with Gasteiger partial charge in [0, 0.05) is 24.0 Å². The molecule has 1 aromatic heterocycles. The summed E-state index contributed by atoms with van der Waals surface area (Å²) in [5.41, 5.74) is 2.88. The van der Waals surface area contributed by atoms with Crippen molar-refractivity contribution in [2.24, 2.45) is 0 Å². The number of furan rings is 1. The lowest BCUT2D eigenvalue weighted by atomic mass is 10.1. The summed E-state index contributed by atoms with van der Waals surface area (Å²) in [6.45, 7) is 1.34. The van der Waals surface area contributed by atoms with E-state index in [9.17, 15) is 5.11 Å². The molecule has 0 radical (unpaired) electrons. The molecule has 0 fully saturated rings. The van der Waals surface area contributed by atoms with Gasteiger partial charge in [-0.1, -0.05) is 30.3 Å². The normalized spacial score (nSPS) is 11.1. The number of nitrogens with one attached hydrogen (secondary N) is 1. The topological polar surface area (TPSA) is 45.4 Å². The van der Waals surface area contributed by atoms with Gasteiger partial charge in [-0.2, -0.15) is 0 Å². The molecular weight excluding hydrogens is 274 g/mol. The highest BCUT2D eigenvalue weighted by atomic mass is 35.5. The molecule has 3 aromatic rings. The average Bonchev–Trinajstić information content (AvgIpc) is 2.77. The molecular formula is C16H14ClNO2. The molecule has 3 nitrogen and oxygen atoms in total. The van der Waals surface area contributed by atoms with Crippen molar-refractivity contribution >= 4 is 22.6 Å². The Kier molecular flexibility index (Phi) is 3.63. The van der Waals surface area contributed by atoms with Crippen LogP contribution in [-0.4, -0.2) is 5.11 Å². The van der Waals surface area contributed by atoms with Gasteiger partial charge in [-0.25, -0.2) is 0 Å². The highest BCUT2D eigenvalue weighted by Crippen LogP contribution is 2.29. The molecule has 0 saturated heterocycles. The smallest absolute Gasteiger partial charge is 0.199 e. The number of fused-ring (bicyclic) bond motifs is 1. The van der Waals surface area contributed by atoms with Crippen molar-refractivity contribution in [3.63, 3.8) is 0 Å². The van der Waals surface area contributed by atoms with Crippen LogP contribution >= 0.6 is 11.6 Å². The van der Waals surface area contributed by atoms with Gasteiger partial charge in [-0.3, -0.25) is 0 Å². The summed E-state index contributed by atoms with van der Waals surface area (Å²) < 4.78 is 5.51. The van der Waals surface area contributed by atoms with Crippen LogP contribution in [0.1, 0.15) is 11.1 Å². The summed E-state index contributed by atoms with van der Waals surface area (Å²) in [4.78, 5) is 0. The first kappa shape index (κ1) is 13.0. The zero-order valence-electron chi connectivity index (χ0n) is 10.8. The van der Waals surface area contributed by atoms with Crippen molar-refractivity contribution in [2.45, 2.75) is 13.1 Å². The Balaban J connectivity index is 1.71. The van der Waals surface area contributed by atoms with Gasteiger partial charge in [0.1, 0.15) is 11.3 Å². The maximum Gasteiger partial charge on any atom is 0.199 e. The standard InChI is InChI=1S/C16H14ClNO2/c17-16-14(13-3-1-2-4-15(13)20-16)10-18-9-11-5-7-12(19)8-6-11/h1-8,18-19H,9-10H2. The van der Waals surface area contributed by atoms with Crippen LogP contribution in [0.2, 0.25) is 5.22 Å². The van der Waals surface area contributed by atoms with E-state index in [4.69, 9.17) is 16.0 Å². The molecule has 0 aliphatic heterocycles. The van der Waals surface area contributed by atoms with Crippen LogP contribution in [0.25, 0.3) is 11.0 Å². The maximum absolute atomic E-state index is 9.24. The minimum atomic E-state index is 0.276. The molecule has 0 atom stereocenters. The first-order valence-corrected chi connectivity index (χ1v) is 6.76. The van der Waals surface area contributed by atoms with Gasteiger partial charge in [0.25, 0.3) is 0 Å². The van der Waals surface area contributed by atoms with Gasteiger partial charge >= 0.3 is 0 Å². The first-order chi connectivity index (χ1) is 9.74. The second-order valence-corrected chi connectivity index (χ2v) is 4.96. The van der Waals surface area contributed by atoms with Gasteiger partial charge in [0.15, 0.2) is 5.22 Å². The molecule has 0 amide bonds. The second-order valence-electron chi connectivity index (χ2n) is 4.62. The molecule has 20 heavy (non-hydrogen) atoms. The molecule has 3 rings (SSSR count). The van der Waals surface area contributed by atoms with Gasteiger partial charge in [0.2, 0.25) is 0 Å². The van der Waals surface area contributed by atoms with Crippen LogP contribution in [-0.2, 0) is 13.1 Å². The van der Waals surface area contributed by atoms with E-state index in [1.165, 1.54) is 0 Å². The molecule has 1 heterocycles. The summed E-state index contributed by atoms with van der Waals surface area (Å²) in [6.07, 6.45) is 0. The Hall–Kier alpha value is -1.97. The Morgan fingerprint density at radius 1 is 1.00 bits per heavy atom. The lowest BCUT2D eigenvalue weighted by molar-refractivity contribution is 0.475. The number of hydrogen-bond acceptors (Lipinski definition) is 3. The van der Waals surface area contributed by atoms with Gasteiger partial charge < -0.3 is 14.8 Å². The van der Waals surface area contributed by atoms with Crippen molar-refractivity contribution in [3.05, 3.63) is 64.9 Å². The number of benzene rings is 2. The number of phenolic OH excluding ortho intramolecular Hbond substituents is 1. The first-order valence-electron chi connectivity index (χ1n) is 6.38. The van der Waals surface area contributed by atoms with Crippen LogP contribution < -0.4 is 5.32 Å². The molecule has 2 N–H and O–H groups in total.